The molecule has 1 aromatic heterocycles. The molecular formula is C11H10ClN3O. The number of ketones is 1. The van der Waals surface area contributed by atoms with E-state index in [-0.39, 0.29) is 11.8 Å². The van der Waals surface area contributed by atoms with Gasteiger partial charge in [0.05, 0.1) is 0 Å². The maximum absolute atomic E-state index is 12.0. The molecule has 0 aliphatic heterocycles. The van der Waals surface area contributed by atoms with Gasteiger partial charge in [0.2, 0.25) is 0 Å². The second-order valence-electron chi connectivity index (χ2n) is 3.43. The molecule has 0 aliphatic rings. The summed E-state index contributed by atoms with van der Waals surface area (Å²) in [7, 11) is 0. The Morgan fingerprint density at radius 3 is 2.94 bits per heavy atom. The molecule has 0 fully saturated rings. The van der Waals surface area contributed by atoms with Gasteiger partial charge in [-0.3, -0.25) is 4.79 Å². The average molecular weight is 236 g/mol. The Balaban J connectivity index is 2.26. The Hall–Kier alpha value is -1.68. The Kier molecular flexibility index (Phi) is 3.01. The maximum atomic E-state index is 12.0. The van der Waals surface area contributed by atoms with Gasteiger partial charge in [-0.2, -0.15) is 5.10 Å². The fourth-order valence-electron chi connectivity index (χ4n) is 1.42. The van der Waals surface area contributed by atoms with Crippen LogP contribution in [-0.4, -0.2) is 20.5 Å². The van der Waals surface area contributed by atoms with Gasteiger partial charge in [-0.05, 0) is 19.1 Å². The molecule has 16 heavy (non-hydrogen) atoms. The molecule has 1 atom stereocenters. The third kappa shape index (κ3) is 2.12. The lowest BCUT2D eigenvalue weighted by Gasteiger charge is -2.10. The normalized spacial score (nSPS) is 12.4. The van der Waals surface area contributed by atoms with Crippen LogP contribution >= 0.6 is 11.6 Å². The van der Waals surface area contributed by atoms with Crippen LogP contribution < -0.4 is 0 Å². The second-order valence-corrected chi connectivity index (χ2v) is 3.86. The minimum Gasteiger partial charge on any atom is -0.292 e. The van der Waals surface area contributed by atoms with Gasteiger partial charge in [0.15, 0.2) is 5.78 Å². The van der Waals surface area contributed by atoms with Gasteiger partial charge in [0.25, 0.3) is 0 Å². The van der Waals surface area contributed by atoms with Crippen LogP contribution in [0.1, 0.15) is 23.3 Å². The fourth-order valence-corrected chi connectivity index (χ4v) is 1.61. The van der Waals surface area contributed by atoms with Crippen LogP contribution in [0.15, 0.2) is 36.9 Å². The summed E-state index contributed by atoms with van der Waals surface area (Å²) in [5.74, 6) is -0.0343. The fraction of sp³-hybridized carbons (Fsp3) is 0.182. The number of carbonyl (C=O) groups is 1. The van der Waals surface area contributed by atoms with Crippen molar-refractivity contribution in [3.05, 3.63) is 47.5 Å². The third-order valence-electron chi connectivity index (χ3n) is 2.32. The first kappa shape index (κ1) is 10.8. The van der Waals surface area contributed by atoms with Crippen molar-refractivity contribution in [3.63, 3.8) is 0 Å². The number of rotatable bonds is 3. The van der Waals surface area contributed by atoms with Gasteiger partial charge in [0, 0.05) is 10.6 Å². The van der Waals surface area contributed by atoms with Gasteiger partial charge in [-0.1, -0.05) is 23.7 Å². The summed E-state index contributed by atoms with van der Waals surface area (Å²) in [5, 5.41) is 4.49. The van der Waals surface area contributed by atoms with Crippen LogP contribution in [-0.2, 0) is 0 Å². The van der Waals surface area contributed by atoms with Gasteiger partial charge >= 0.3 is 0 Å². The summed E-state index contributed by atoms with van der Waals surface area (Å²) >= 11 is 5.83. The minimum absolute atomic E-state index is 0.0343. The zero-order valence-corrected chi connectivity index (χ0v) is 9.43. The van der Waals surface area contributed by atoms with Crippen LogP contribution in [0.3, 0.4) is 0 Å². The molecule has 0 saturated carbocycles. The summed E-state index contributed by atoms with van der Waals surface area (Å²) in [6, 6.07) is 6.50. The molecule has 0 N–H and O–H groups in total. The molecule has 0 spiro atoms. The van der Waals surface area contributed by atoms with E-state index in [2.05, 4.69) is 10.1 Å². The molecule has 2 aromatic rings. The zero-order chi connectivity index (χ0) is 11.5. The zero-order valence-electron chi connectivity index (χ0n) is 8.67. The number of hydrogen-bond acceptors (Lipinski definition) is 3. The smallest absolute Gasteiger partial charge is 0.187 e. The molecule has 2 rings (SSSR count). The first-order valence-electron chi connectivity index (χ1n) is 4.82. The molecule has 0 bridgehead atoms. The first-order chi connectivity index (χ1) is 7.68. The molecule has 4 nitrogen and oxygen atoms in total. The molecule has 0 radical (unpaired) electrons. The Labute approximate surface area is 97.9 Å². The van der Waals surface area contributed by atoms with Crippen molar-refractivity contribution in [1.82, 2.24) is 14.8 Å². The van der Waals surface area contributed by atoms with Crippen molar-refractivity contribution in [2.45, 2.75) is 13.0 Å². The molecular weight excluding hydrogens is 226 g/mol. The molecule has 1 aromatic carbocycles. The maximum Gasteiger partial charge on any atom is 0.187 e. The topological polar surface area (TPSA) is 47.8 Å². The summed E-state index contributed by atoms with van der Waals surface area (Å²) in [6.45, 7) is 1.78. The van der Waals surface area contributed by atoms with Gasteiger partial charge in [-0.25, -0.2) is 9.67 Å². The van der Waals surface area contributed by atoms with E-state index in [1.807, 2.05) is 0 Å². The van der Waals surface area contributed by atoms with Crippen molar-refractivity contribution in [2.75, 3.05) is 0 Å². The quantitative estimate of drug-likeness (QED) is 0.768. The number of carbonyl (C=O) groups excluding carboxylic acids is 1. The van der Waals surface area contributed by atoms with E-state index in [9.17, 15) is 4.79 Å². The SMILES string of the molecule is CC(C(=O)c1cccc(Cl)c1)n1cncn1. The van der Waals surface area contributed by atoms with Crippen molar-refractivity contribution < 1.29 is 4.79 Å². The van der Waals surface area contributed by atoms with E-state index in [0.29, 0.717) is 10.6 Å². The lowest BCUT2D eigenvalue weighted by molar-refractivity contribution is 0.0928. The number of nitrogens with zero attached hydrogens (tertiary/aromatic N) is 3. The van der Waals surface area contributed by atoms with Crippen LogP contribution in [0.4, 0.5) is 0 Å². The minimum atomic E-state index is -0.374. The van der Waals surface area contributed by atoms with E-state index in [4.69, 9.17) is 11.6 Å². The number of aromatic nitrogens is 3. The van der Waals surface area contributed by atoms with Crippen molar-refractivity contribution >= 4 is 17.4 Å². The Morgan fingerprint density at radius 2 is 2.31 bits per heavy atom. The number of benzene rings is 1. The molecule has 82 valence electrons. The van der Waals surface area contributed by atoms with Crippen molar-refractivity contribution in [3.8, 4) is 0 Å². The van der Waals surface area contributed by atoms with Crippen LogP contribution in [0, 0.1) is 0 Å². The molecule has 0 aliphatic carbocycles. The van der Waals surface area contributed by atoms with Crippen molar-refractivity contribution in [2.24, 2.45) is 0 Å². The lowest BCUT2D eigenvalue weighted by Crippen LogP contribution is -2.17. The summed E-state index contributed by atoms with van der Waals surface area (Å²) < 4.78 is 1.52. The highest BCUT2D eigenvalue weighted by molar-refractivity contribution is 6.31. The highest BCUT2D eigenvalue weighted by Crippen LogP contribution is 2.16. The average Bonchev–Trinajstić information content (AvgIpc) is 2.80. The van der Waals surface area contributed by atoms with Crippen molar-refractivity contribution in [1.29, 1.82) is 0 Å². The summed E-state index contributed by atoms with van der Waals surface area (Å²) in [6.07, 6.45) is 2.93. The standard InChI is InChI=1S/C11H10ClN3O/c1-8(15-7-13-6-14-15)11(16)9-3-2-4-10(12)5-9/h2-8H,1H3. The largest absolute Gasteiger partial charge is 0.292 e. The van der Waals surface area contributed by atoms with Crippen LogP contribution in [0.25, 0.3) is 0 Å². The van der Waals surface area contributed by atoms with Gasteiger partial charge in [-0.15, -0.1) is 0 Å². The van der Waals surface area contributed by atoms with E-state index < -0.39 is 0 Å². The predicted octanol–water partition coefficient (Wildman–Crippen LogP) is 2.38. The molecule has 1 unspecified atom stereocenters. The Bertz CT molecular complexity index is 496. The van der Waals surface area contributed by atoms with E-state index >= 15 is 0 Å². The van der Waals surface area contributed by atoms with Crippen LogP contribution in [0.5, 0.6) is 0 Å². The van der Waals surface area contributed by atoms with Crippen LogP contribution in [0.2, 0.25) is 5.02 Å². The number of Topliss-reactive ketones (excluding diaryl/α,β-unsaturated/α-hetero) is 1. The van der Waals surface area contributed by atoms with E-state index in [1.54, 1.807) is 31.2 Å². The highest BCUT2D eigenvalue weighted by Gasteiger charge is 2.17. The van der Waals surface area contributed by atoms with Gasteiger partial charge < -0.3 is 0 Å². The second kappa shape index (κ2) is 4.45. The lowest BCUT2D eigenvalue weighted by atomic mass is 10.1. The highest BCUT2D eigenvalue weighted by atomic mass is 35.5. The number of hydrogen-bond donors (Lipinski definition) is 0. The predicted molar refractivity (Wildman–Crippen MR) is 60.5 cm³/mol. The third-order valence-corrected chi connectivity index (χ3v) is 2.56. The van der Waals surface area contributed by atoms with Gasteiger partial charge in [0.1, 0.15) is 18.7 Å². The molecule has 0 amide bonds. The molecule has 0 saturated heterocycles. The summed E-state index contributed by atoms with van der Waals surface area (Å²) in [4.78, 5) is 15.9. The Morgan fingerprint density at radius 1 is 1.50 bits per heavy atom. The summed E-state index contributed by atoms with van der Waals surface area (Å²) in [5.41, 5.74) is 0.579. The van der Waals surface area contributed by atoms with E-state index in [0.717, 1.165) is 0 Å². The first-order valence-corrected chi connectivity index (χ1v) is 5.20. The van der Waals surface area contributed by atoms with E-state index in [1.165, 1.54) is 17.3 Å². The monoisotopic (exact) mass is 235 g/mol. The number of halogens is 1. The molecule has 5 heteroatoms. The molecule has 1 heterocycles.